The summed E-state index contributed by atoms with van der Waals surface area (Å²) in [5.41, 5.74) is 0.764. The van der Waals surface area contributed by atoms with Gasteiger partial charge in [-0.15, -0.1) is 0 Å². The van der Waals surface area contributed by atoms with Crippen molar-refractivity contribution < 1.29 is 9.53 Å². The Morgan fingerprint density at radius 3 is 2.75 bits per heavy atom. The van der Waals surface area contributed by atoms with E-state index in [4.69, 9.17) is 4.74 Å². The molecule has 2 rings (SSSR count). The number of anilines is 1. The number of aryl methyl sites for hydroxylation is 1. The second-order valence-electron chi connectivity index (χ2n) is 4.18. The molecule has 1 heterocycles. The van der Waals surface area contributed by atoms with Gasteiger partial charge in [0.15, 0.2) is 0 Å². The quantitative estimate of drug-likeness (QED) is 0.881. The summed E-state index contributed by atoms with van der Waals surface area (Å²) in [4.78, 5) is 11.8. The zero-order valence-electron chi connectivity index (χ0n) is 11.2. The number of nitrogens with one attached hydrogen (secondary N) is 1. The van der Waals surface area contributed by atoms with Gasteiger partial charge in [-0.05, 0) is 47.1 Å². The fourth-order valence-corrected chi connectivity index (χ4v) is 2.03. The van der Waals surface area contributed by atoms with E-state index in [1.54, 1.807) is 10.9 Å². The minimum absolute atomic E-state index is 0.0409. The van der Waals surface area contributed by atoms with Crippen LogP contribution in [0.4, 0.5) is 5.69 Å². The fraction of sp³-hybridized carbons (Fsp3) is 0.286. The molecular weight excluding hydrogens is 322 g/mol. The van der Waals surface area contributed by atoms with Gasteiger partial charge < -0.3 is 10.1 Å². The molecule has 0 fully saturated rings. The van der Waals surface area contributed by atoms with Gasteiger partial charge >= 0.3 is 0 Å². The number of carbonyl (C=O) groups excluding carboxylic acids is 1. The average molecular weight is 338 g/mol. The number of carbonyl (C=O) groups is 1. The lowest BCUT2D eigenvalue weighted by molar-refractivity contribution is -0.116. The number of aromatic nitrogens is 2. The van der Waals surface area contributed by atoms with Crippen LogP contribution in [0.3, 0.4) is 0 Å². The van der Waals surface area contributed by atoms with Crippen molar-refractivity contribution in [2.45, 2.75) is 19.9 Å². The van der Waals surface area contributed by atoms with Gasteiger partial charge in [0.2, 0.25) is 5.91 Å². The van der Waals surface area contributed by atoms with Crippen LogP contribution in [-0.4, -0.2) is 22.3 Å². The van der Waals surface area contributed by atoms with Crippen LogP contribution in [0, 0.1) is 0 Å². The van der Waals surface area contributed by atoms with Crippen LogP contribution in [-0.2, 0) is 11.3 Å². The molecule has 0 unspecified atom stereocenters. The van der Waals surface area contributed by atoms with E-state index >= 15 is 0 Å². The summed E-state index contributed by atoms with van der Waals surface area (Å²) >= 11 is 3.32. The largest absolute Gasteiger partial charge is 0.494 e. The van der Waals surface area contributed by atoms with E-state index < -0.39 is 0 Å². The van der Waals surface area contributed by atoms with Gasteiger partial charge in [-0.25, -0.2) is 0 Å². The standard InChI is InChI=1S/C14H16BrN3O2/c1-2-20-13-5-3-12(4-6-13)17-14(19)7-8-18-10-11(15)9-16-18/h3-6,9-10H,2,7-8H2,1H3,(H,17,19). The third kappa shape index (κ3) is 4.38. The summed E-state index contributed by atoms with van der Waals surface area (Å²) in [5, 5.41) is 6.94. The third-order valence-corrected chi connectivity index (χ3v) is 3.03. The molecule has 1 aromatic carbocycles. The first kappa shape index (κ1) is 14.6. The monoisotopic (exact) mass is 337 g/mol. The zero-order valence-corrected chi connectivity index (χ0v) is 12.8. The molecule has 2 aromatic rings. The highest BCUT2D eigenvalue weighted by atomic mass is 79.9. The van der Waals surface area contributed by atoms with E-state index in [2.05, 4.69) is 26.3 Å². The summed E-state index contributed by atoms with van der Waals surface area (Å²) in [6.45, 7) is 3.11. The maximum atomic E-state index is 11.8. The van der Waals surface area contributed by atoms with Gasteiger partial charge in [-0.2, -0.15) is 5.10 Å². The number of hydrogen-bond acceptors (Lipinski definition) is 3. The minimum atomic E-state index is -0.0409. The van der Waals surface area contributed by atoms with Crippen LogP contribution in [0.5, 0.6) is 5.75 Å². The minimum Gasteiger partial charge on any atom is -0.494 e. The first-order chi connectivity index (χ1) is 9.67. The second kappa shape index (κ2) is 7.09. The molecule has 0 aliphatic heterocycles. The van der Waals surface area contributed by atoms with Crippen molar-refractivity contribution in [2.24, 2.45) is 0 Å². The first-order valence-corrected chi connectivity index (χ1v) is 7.17. The number of rotatable bonds is 6. The van der Waals surface area contributed by atoms with E-state index in [-0.39, 0.29) is 5.91 Å². The van der Waals surface area contributed by atoms with Crippen molar-refractivity contribution in [1.29, 1.82) is 0 Å². The Hall–Kier alpha value is -1.82. The maximum Gasteiger partial charge on any atom is 0.226 e. The Balaban J connectivity index is 1.81. The molecule has 1 amide bonds. The van der Waals surface area contributed by atoms with Crippen LogP contribution < -0.4 is 10.1 Å². The Bertz CT molecular complexity index is 566. The smallest absolute Gasteiger partial charge is 0.226 e. The van der Waals surface area contributed by atoms with Gasteiger partial charge in [0, 0.05) is 24.8 Å². The van der Waals surface area contributed by atoms with Crippen molar-refractivity contribution in [3.05, 3.63) is 41.1 Å². The molecule has 5 nitrogen and oxygen atoms in total. The van der Waals surface area contributed by atoms with E-state index in [1.165, 1.54) is 0 Å². The Morgan fingerprint density at radius 1 is 1.40 bits per heavy atom. The summed E-state index contributed by atoms with van der Waals surface area (Å²) in [5.74, 6) is 0.757. The lowest BCUT2D eigenvalue weighted by atomic mass is 10.3. The molecular formula is C14H16BrN3O2. The molecule has 0 atom stereocenters. The van der Waals surface area contributed by atoms with Gasteiger partial charge in [0.25, 0.3) is 0 Å². The topological polar surface area (TPSA) is 56.1 Å². The summed E-state index contributed by atoms with van der Waals surface area (Å²) in [7, 11) is 0. The number of nitrogens with zero attached hydrogens (tertiary/aromatic N) is 2. The fourth-order valence-electron chi connectivity index (χ4n) is 1.70. The predicted octanol–water partition coefficient (Wildman–Crippen LogP) is 3.07. The average Bonchev–Trinajstić information content (AvgIpc) is 2.85. The van der Waals surface area contributed by atoms with Gasteiger partial charge in [-0.1, -0.05) is 0 Å². The van der Waals surface area contributed by atoms with Crippen molar-refractivity contribution in [2.75, 3.05) is 11.9 Å². The van der Waals surface area contributed by atoms with Gasteiger partial charge in [-0.3, -0.25) is 9.48 Å². The number of hydrogen-bond donors (Lipinski definition) is 1. The van der Waals surface area contributed by atoms with Crippen molar-refractivity contribution in [1.82, 2.24) is 9.78 Å². The molecule has 0 aliphatic carbocycles. The van der Waals surface area contributed by atoms with Crippen LogP contribution >= 0.6 is 15.9 Å². The molecule has 1 aromatic heterocycles. The lowest BCUT2D eigenvalue weighted by Crippen LogP contribution is -2.14. The van der Waals surface area contributed by atoms with E-state index in [0.29, 0.717) is 19.6 Å². The SMILES string of the molecule is CCOc1ccc(NC(=O)CCn2cc(Br)cn2)cc1. The molecule has 20 heavy (non-hydrogen) atoms. The molecule has 0 bridgehead atoms. The molecule has 106 valence electrons. The van der Waals surface area contributed by atoms with Crippen molar-refractivity contribution in [3.8, 4) is 5.75 Å². The first-order valence-electron chi connectivity index (χ1n) is 6.38. The van der Waals surface area contributed by atoms with Gasteiger partial charge in [0.1, 0.15) is 5.75 Å². The highest BCUT2D eigenvalue weighted by molar-refractivity contribution is 9.10. The van der Waals surface area contributed by atoms with Crippen LogP contribution in [0.2, 0.25) is 0 Å². The molecule has 0 saturated heterocycles. The highest BCUT2D eigenvalue weighted by Gasteiger charge is 2.04. The number of halogens is 1. The number of ether oxygens (including phenoxy) is 1. The Kier molecular flexibility index (Phi) is 5.17. The Labute approximate surface area is 126 Å². The van der Waals surface area contributed by atoms with E-state index in [0.717, 1.165) is 15.9 Å². The summed E-state index contributed by atoms with van der Waals surface area (Å²) < 4.78 is 7.98. The molecule has 6 heteroatoms. The lowest BCUT2D eigenvalue weighted by Gasteiger charge is -2.07. The Morgan fingerprint density at radius 2 is 2.15 bits per heavy atom. The maximum absolute atomic E-state index is 11.8. The molecule has 1 N–H and O–H groups in total. The molecule has 0 saturated carbocycles. The molecule has 0 aliphatic rings. The van der Waals surface area contributed by atoms with Crippen LogP contribution in [0.25, 0.3) is 0 Å². The summed E-state index contributed by atoms with van der Waals surface area (Å²) in [6, 6.07) is 7.33. The van der Waals surface area contributed by atoms with Crippen molar-refractivity contribution >= 4 is 27.5 Å². The summed E-state index contributed by atoms with van der Waals surface area (Å²) in [6.07, 6.45) is 3.91. The highest BCUT2D eigenvalue weighted by Crippen LogP contribution is 2.15. The van der Waals surface area contributed by atoms with E-state index in [1.807, 2.05) is 37.4 Å². The third-order valence-electron chi connectivity index (χ3n) is 2.62. The van der Waals surface area contributed by atoms with Crippen LogP contribution in [0.1, 0.15) is 13.3 Å². The number of amides is 1. The zero-order chi connectivity index (χ0) is 14.4. The second-order valence-corrected chi connectivity index (χ2v) is 5.09. The molecule has 0 radical (unpaired) electrons. The van der Waals surface area contributed by atoms with Crippen LogP contribution in [0.15, 0.2) is 41.1 Å². The van der Waals surface area contributed by atoms with Crippen molar-refractivity contribution in [3.63, 3.8) is 0 Å². The predicted molar refractivity (Wildman–Crippen MR) is 80.8 cm³/mol. The number of benzene rings is 1. The normalized spacial score (nSPS) is 10.3. The van der Waals surface area contributed by atoms with Gasteiger partial charge in [0.05, 0.1) is 17.3 Å². The van der Waals surface area contributed by atoms with E-state index in [9.17, 15) is 4.79 Å². The molecule has 0 spiro atoms.